The Morgan fingerprint density at radius 1 is 0.871 bits per heavy atom. The number of nitriles is 1. The van der Waals surface area contributed by atoms with E-state index in [2.05, 4.69) is 70.8 Å². The maximum absolute atomic E-state index is 13.2. The van der Waals surface area contributed by atoms with E-state index in [1.54, 1.807) is 44.8 Å². The lowest BCUT2D eigenvalue weighted by Gasteiger charge is -2.39. The average Bonchev–Trinajstić information content (AvgIpc) is 3.92. The molecule has 0 bridgehead atoms. The maximum Gasteiger partial charge on any atom is 0.259 e. The van der Waals surface area contributed by atoms with Crippen molar-refractivity contribution in [2.24, 2.45) is 0 Å². The molecule has 1 aliphatic rings. The molecule has 1 saturated heterocycles. The predicted molar refractivity (Wildman–Crippen MR) is 237 cm³/mol. The van der Waals surface area contributed by atoms with Crippen molar-refractivity contribution < 1.29 is 32.8 Å². The molecule has 1 amide bonds. The molecule has 6 aromatic rings. The minimum atomic E-state index is -1.66. The second kappa shape index (κ2) is 20.4. The van der Waals surface area contributed by atoms with E-state index >= 15 is 0 Å². The fourth-order valence-corrected chi connectivity index (χ4v) is 9.51. The third kappa shape index (κ3) is 9.64. The van der Waals surface area contributed by atoms with Gasteiger partial charge in [-0.3, -0.25) is 9.36 Å². The number of ether oxygens (including phenoxy) is 4. The van der Waals surface area contributed by atoms with E-state index < -0.39 is 32.6 Å². The molecule has 1 fully saturated rings. The molecule has 62 heavy (non-hydrogen) atoms. The van der Waals surface area contributed by atoms with Crippen LogP contribution in [0.3, 0.4) is 0 Å². The van der Waals surface area contributed by atoms with Crippen molar-refractivity contribution in [1.29, 1.82) is 5.26 Å². The molecule has 1 aliphatic heterocycles. The van der Waals surface area contributed by atoms with Crippen LogP contribution < -0.4 is 14.8 Å². The summed E-state index contributed by atoms with van der Waals surface area (Å²) in [5.74, 6) is 1.39. The molecule has 0 unspecified atom stereocenters. The van der Waals surface area contributed by atoms with Gasteiger partial charge in [-0.15, -0.1) is 0 Å². The molecule has 3 heterocycles. The van der Waals surface area contributed by atoms with Crippen LogP contribution in [0.25, 0.3) is 11.2 Å². The second-order valence-electron chi connectivity index (χ2n) is 15.2. The van der Waals surface area contributed by atoms with Gasteiger partial charge in [0.05, 0.1) is 52.4 Å². The normalized spacial score (nSPS) is 17.1. The summed E-state index contributed by atoms with van der Waals surface area (Å²) in [6.07, 6.45) is 1.84. The first-order chi connectivity index (χ1) is 30.2. The third-order valence-corrected chi connectivity index (χ3v) is 12.8. The number of aromatic nitrogens is 4. The number of hydrogen-bond donors (Lipinski definition) is 1. The van der Waals surface area contributed by atoms with Crippen molar-refractivity contribution in [2.45, 2.75) is 76.7 Å². The highest BCUT2D eigenvalue weighted by Gasteiger charge is 2.45. The van der Waals surface area contributed by atoms with Crippen LogP contribution >= 0.6 is 8.53 Å². The predicted octanol–water partition coefficient (Wildman–Crippen LogP) is 9.05. The zero-order chi connectivity index (χ0) is 43.6. The van der Waals surface area contributed by atoms with E-state index in [-0.39, 0.29) is 43.4 Å². The summed E-state index contributed by atoms with van der Waals surface area (Å²) >= 11 is 0. The summed E-state index contributed by atoms with van der Waals surface area (Å²) in [7, 11) is 1.62. The van der Waals surface area contributed by atoms with Crippen molar-refractivity contribution >= 4 is 31.4 Å². The first-order valence-corrected chi connectivity index (χ1v) is 21.7. The van der Waals surface area contributed by atoms with Crippen LogP contribution in [0.5, 0.6) is 11.5 Å². The number of carbonyl (C=O) groups is 1. The topological polar surface area (TPSA) is 155 Å². The van der Waals surface area contributed by atoms with Crippen LogP contribution in [0.1, 0.15) is 73.8 Å². The van der Waals surface area contributed by atoms with Crippen LogP contribution in [0, 0.1) is 11.3 Å². The molecule has 2 aromatic heterocycles. The summed E-state index contributed by atoms with van der Waals surface area (Å²) in [6, 6.07) is 37.1. The first kappa shape index (κ1) is 44.3. The van der Waals surface area contributed by atoms with Crippen molar-refractivity contribution in [3.05, 3.63) is 144 Å². The zero-order valence-corrected chi connectivity index (χ0v) is 36.6. The molecule has 4 atom stereocenters. The van der Waals surface area contributed by atoms with Crippen LogP contribution in [0.2, 0.25) is 0 Å². The highest BCUT2D eigenvalue weighted by Crippen LogP contribution is 2.51. The number of benzene rings is 4. The number of carbonyl (C=O) groups excluding carboxylic acids is 1. The number of fused-ring (bicyclic) bond motifs is 1. The third-order valence-electron chi connectivity index (χ3n) is 10.6. The molecule has 0 radical (unpaired) electrons. The van der Waals surface area contributed by atoms with Gasteiger partial charge in [0, 0.05) is 24.1 Å². The van der Waals surface area contributed by atoms with Gasteiger partial charge in [0.2, 0.25) is 0 Å². The Morgan fingerprint density at radius 3 is 2.05 bits per heavy atom. The van der Waals surface area contributed by atoms with Gasteiger partial charge in [-0.1, -0.05) is 72.8 Å². The minimum Gasteiger partial charge on any atom is -0.497 e. The van der Waals surface area contributed by atoms with Crippen LogP contribution in [0.4, 0.5) is 5.82 Å². The fraction of sp³-hybridized carbons (Fsp3) is 0.340. The summed E-state index contributed by atoms with van der Waals surface area (Å²) in [6.45, 7) is 8.70. The molecular weight excluding hydrogens is 806 g/mol. The van der Waals surface area contributed by atoms with Crippen molar-refractivity contribution in [1.82, 2.24) is 24.2 Å². The van der Waals surface area contributed by atoms with Gasteiger partial charge in [-0.2, -0.15) is 5.26 Å². The van der Waals surface area contributed by atoms with E-state index in [4.69, 9.17) is 28.0 Å². The van der Waals surface area contributed by atoms with E-state index in [0.717, 1.165) is 16.7 Å². The lowest BCUT2D eigenvalue weighted by Crippen LogP contribution is -2.39. The van der Waals surface area contributed by atoms with Crippen LogP contribution in [0.15, 0.2) is 122 Å². The monoisotopic (exact) mass is 857 g/mol. The highest BCUT2D eigenvalue weighted by molar-refractivity contribution is 7.44. The van der Waals surface area contributed by atoms with E-state index in [1.807, 2.05) is 77.4 Å². The Hall–Kier alpha value is -5.78. The minimum absolute atomic E-state index is 0.0747. The van der Waals surface area contributed by atoms with E-state index in [0.29, 0.717) is 34.6 Å². The van der Waals surface area contributed by atoms with Gasteiger partial charge in [-0.25, -0.2) is 19.6 Å². The highest BCUT2D eigenvalue weighted by atomic mass is 31.2. The molecular formula is C47H52N7O7P. The Labute approximate surface area is 363 Å². The Morgan fingerprint density at radius 2 is 1.47 bits per heavy atom. The van der Waals surface area contributed by atoms with E-state index in [9.17, 15) is 10.1 Å². The maximum atomic E-state index is 13.2. The Kier molecular flexibility index (Phi) is 14.6. The van der Waals surface area contributed by atoms with E-state index in [1.165, 1.54) is 6.33 Å². The summed E-state index contributed by atoms with van der Waals surface area (Å²) in [4.78, 5) is 26.8. The Balaban J connectivity index is 1.28. The number of imidazole rings is 1. The van der Waals surface area contributed by atoms with Gasteiger partial charge < -0.3 is 33.3 Å². The number of rotatable bonds is 19. The lowest BCUT2D eigenvalue weighted by molar-refractivity contribution is -0.0912. The molecule has 4 aromatic carbocycles. The number of hydrogen-bond acceptors (Lipinski definition) is 12. The van der Waals surface area contributed by atoms with Crippen LogP contribution in [-0.4, -0.2) is 81.8 Å². The molecule has 0 spiro atoms. The van der Waals surface area contributed by atoms with Gasteiger partial charge in [0.25, 0.3) is 14.4 Å². The van der Waals surface area contributed by atoms with Gasteiger partial charge in [0.15, 0.2) is 17.0 Å². The average molecular weight is 858 g/mol. The van der Waals surface area contributed by atoms with Crippen molar-refractivity contribution in [3.63, 3.8) is 0 Å². The zero-order valence-electron chi connectivity index (χ0n) is 35.8. The molecule has 0 aliphatic carbocycles. The Bertz CT molecular complexity index is 2360. The standard InChI is InChI=1S/C47H52N7O7P/c1-32(2)54(33(3)4)62(59-27-13-26-48)61-40-28-42(53-31-51-43-44(49-30-50-45(43)53)52-46(55)34-14-9-7-10-15-34)60-41(40)29-58-47(35-16-11-8-12-17-35,36-18-22-38(56-5)23-19-36)37-20-24-39(57-6)25-21-37/h7-12,14-25,30-33,40-42H,13,27-29H2,1-6H3,(H,49,50,52,55)/t40-,41+,42+,62+/m0/s1. The number of nitrogens with zero attached hydrogens (tertiary/aromatic N) is 6. The number of amides is 1. The van der Waals surface area contributed by atoms with Gasteiger partial charge >= 0.3 is 0 Å². The van der Waals surface area contributed by atoms with Crippen molar-refractivity contribution in [3.8, 4) is 17.6 Å². The quantitative estimate of drug-likeness (QED) is 0.0469. The number of methoxy groups -OCH3 is 2. The molecule has 322 valence electrons. The summed E-state index contributed by atoms with van der Waals surface area (Å²) in [5, 5.41) is 12.3. The van der Waals surface area contributed by atoms with Crippen molar-refractivity contribution in [2.75, 3.05) is 32.8 Å². The molecule has 0 saturated carbocycles. The SMILES string of the molecule is COc1ccc(C(OC[C@H]2O[C@@H](n3cnc4c(NC(=O)c5ccccc5)ncnc43)C[C@@H]2O[P@@](OCCC#N)N(C(C)C)C(C)C)(c2ccccc2)c2ccc(OC)cc2)cc1. The summed E-state index contributed by atoms with van der Waals surface area (Å²) in [5.41, 5.74) is 2.89. The van der Waals surface area contributed by atoms with Gasteiger partial charge in [-0.05, 0) is 80.8 Å². The fourth-order valence-electron chi connectivity index (χ4n) is 7.75. The summed E-state index contributed by atoms with van der Waals surface area (Å²) < 4.78 is 43.0. The second-order valence-corrected chi connectivity index (χ2v) is 16.6. The lowest BCUT2D eigenvalue weighted by atomic mass is 9.80. The number of nitrogens with one attached hydrogen (secondary N) is 1. The smallest absolute Gasteiger partial charge is 0.259 e. The molecule has 15 heteroatoms. The number of anilines is 1. The van der Waals surface area contributed by atoms with Gasteiger partial charge in [0.1, 0.15) is 35.8 Å². The first-order valence-electron chi connectivity index (χ1n) is 20.6. The largest absolute Gasteiger partial charge is 0.497 e. The van der Waals surface area contributed by atoms with Crippen LogP contribution in [-0.2, 0) is 24.1 Å². The molecule has 14 nitrogen and oxygen atoms in total. The molecule has 1 N–H and O–H groups in total. The molecule has 7 rings (SSSR count).